The summed E-state index contributed by atoms with van der Waals surface area (Å²) < 4.78 is 0. The minimum absolute atomic E-state index is 0. The number of nitrogens with zero attached hydrogens (tertiary/aromatic N) is 3. The largest absolute Gasteiger partial charge is 0.382 e. The van der Waals surface area contributed by atoms with Crippen LogP contribution in [0.5, 0.6) is 0 Å². The van der Waals surface area contributed by atoms with Crippen LogP contribution in [-0.2, 0) is 0 Å². The molecule has 7 N–H and O–H groups in total. The molecule has 0 aliphatic carbocycles. The standard InChI is InChI=1S/C10H16ClN7O.ClH/c1-2-3-4-15-10(14)18-9(19)5-7(12)17-8(13)6(11)16-5;/h2-4H2,1H3,(H4,12,13,17)(H3,14,15,18,19);1H. The number of carbonyl (C=O) groups is 1. The number of rotatable bonds is 4. The van der Waals surface area contributed by atoms with Crippen molar-refractivity contribution in [1.82, 2.24) is 15.3 Å². The second-order valence-electron chi connectivity index (χ2n) is 3.71. The maximum absolute atomic E-state index is 11.8. The van der Waals surface area contributed by atoms with Gasteiger partial charge in [0.25, 0.3) is 5.91 Å². The Morgan fingerprint density at radius 3 is 2.60 bits per heavy atom. The zero-order valence-electron chi connectivity index (χ0n) is 10.9. The quantitative estimate of drug-likeness (QED) is 0.362. The van der Waals surface area contributed by atoms with E-state index in [0.29, 0.717) is 6.54 Å². The van der Waals surface area contributed by atoms with Crippen molar-refractivity contribution in [3.63, 3.8) is 0 Å². The average Bonchev–Trinajstić information content (AvgIpc) is 2.34. The minimum atomic E-state index is -0.635. The molecule has 0 aliphatic rings. The maximum Gasteiger partial charge on any atom is 0.280 e. The van der Waals surface area contributed by atoms with E-state index >= 15 is 0 Å². The number of halogens is 2. The summed E-state index contributed by atoms with van der Waals surface area (Å²) in [6, 6.07) is 0. The molecule has 0 fully saturated rings. The van der Waals surface area contributed by atoms with Crippen LogP contribution in [0.15, 0.2) is 4.99 Å². The molecule has 1 heterocycles. The second-order valence-corrected chi connectivity index (χ2v) is 4.07. The first kappa shape index (κ1) is 18.2. The molecule has 1 aromatic heterocycles. The molecule has 0 aromatic carbocycles. The molecule has 112 valence electrons. The predicted molar refractivity (Wildman–Crippen MR) is 82.0 cm³/mol. The molecular weight excluding hydrogens is 305 g/mol. The summed E-state index contributed by atoms with van der Waals surface area (Å²) in [4.78, 5) is 23.2. The zero-order valence-corrected chi connectivity index (χ0v) is 12.5. The van der Waals surface area contributed by atoms with E-state index in [2.05, 4.69) is 20.3 Å². The molecule has 0 atom stereocenters. The summed E-state index contributed by atoms with van der Waals surface area (Å²) in [5.74, 6) is -0.807. The molecule has 1 amide bonds. The van der Waals surface area contributed by atoms with Gasteiger partial charge >= 0.3 is 0 Å². The lowest BCUT2D eigenvalue weighted by Gasteiger charge is -2.07. The van der Waals surface area contributed by atoms with Crippen LogP contribution in [0, 0.1) is 0 Å². The van der Waals surface area contributed by atoms with Gasteiger partial charge in [-0.25, -0.2) is 9.97 Å². The zero-order chi connectivity index (χ0) is 14.4. The Balaban J connectivity index is 0.00000361. The molecule has 1 rings (SSSR count). The first-order valence-electron chi connectivity index (χ1n) is 5.65. The number of hydrogen-bond donors (Lipinski definition) is 4. The van der Waals surface area contributed by atoms with E-state index < -0.39 is 5.91 Å². The highest BCUT2D eigenvalue weighted by Gasteiger charge is 2.16. The van der Waals surface area contributed by atoms with Crippen LogP contribution in [0.2, 0.25) is 5.15 Å². The fraction of sp³-hybridized carbons (Fsp3) is 0.400. The summed E-state index contributed by atoms with van der Waals surface area (Å²) in [7, 11) is 0. The van der Waals surface area contributed by atoms with Crippen LogP contribution >= 0.6 is 24.0 Å². The Bertz CT molecular complexity index is 507. The molecule has 0 saturated heterocycles. The van der Waals surface area contributed by atoms with Crippen LogP contribution in [0.1, 0.15) is 30.3 Å². The van der Waals surface area contributed by atoms with Crippen molar-refractivity contribution in [3.05, 3.63) is 10.8 Å². The van der Waals surface area contributed by atoms with Crippen molar-refractivity contribution in [2.24, 2.45) is 10.7 Å². The van der Waals surface area contributed by atoms with E-state index in [9.17, 15) is 4.79 Å². The highest BCUT2D eigenvalue weighted by molar-refractivity contribution is 6.31. The smallest absolute Gasteiger partial charge is 0.280 e. The number of amides is 1. The van der Waals surface area contributed by atoms with Crippen molar-refractivity contribution in [1.29, 1.82) is 0 Å². The van der Waals surface area contributed by atoms with Gasteiger partial charge in [0.15, 0.2) is 28.4 Å². The summed E-state index contributed by atoms with van der Waals surface area (Å²) in [5, 5.41) is 2.25. The van der Waals surface area contributed by atoms with Gasteiger partial charge in [0.1, 0.15) is 0 Å². The van der Waals surface area contributed by atoms with Crippen LogP contribution < -0.4 is 22.5 Å². The molecule has 10 heteroatoms. The predicted octanol–water partition coefficient (Wildman–Crippen LogP) is 0.561. The summed E-state index contributed by atoms with van der Waals surface area (Å²) in [5.41, 5.74) is 16.3. The van der Waals surface area contributed by atoms with Gasteiger partial charge in [-0.1, -0.05) is 24.9 Å². The number of guanidine groups is 1. The number of nitrogen functional groups attached to an aromatic ring is 2. The molecule has 20 heavy (non-hydrogen) atoms. The van der Waals surface area contributed by atoms with E-state index in [-0.39, 0.29) is 40.8 Å². The summed E-state index contributed by atoms with van der Waals surface area (Å²) >= 11 is 5.67. The van der Waals surface area contributed by atoms with Gasteiger partial charge in [0, 0.05) is 6.54 Å². The van der Waals surface area contributed by atoms with Gasteiger partial charge in [0.05, 0.1) is 0 Å². The highest BCUT2D eigenvalue weighted by Crippen LogP contribution is 2.16. The third-order valence-electron chi connectivity index (χ3n) is 2.16. The number of aromatic nitrogens is 2. The fourth-order valence-corrected chi connectivity index (χ4v) is 1.31. The average molecular weight is 322 g/mol. The maximum atomic E-state index is 11.8. The number of carbonyl (C=O) groups excluding carboxylic acids is 1. The van der Waals surface area contributed by atoms with Crippen molar-refractivity contribution in [2.75, 3.05) is 18.0 Å². The highest BCUT2D eigenvalue weighted by atomic mass is 35.5. The van der Waals surface area contributed by atoms with Gasteiger partial charge in [-0.15, -0.1) is 12.4 Å². The normalized spacial score (nSPS) is 10.8. The van der Waals surface area contributed by atoms with E-state index in [1.807, 2.05) is 6.92 Å². The van der Waals surface area contributed by atoms with Crippen LogP contribution in [-0.4, -0.2) is 28.4 Å². The number of nitrogens with one attached hydrogen (secondary N) is 1. The topological polar surface area (TPSA) is 145 Å². The molecular formula is C10H17Cl2N7O. The van der Waals surface area contributed by atoms with Crippen LogP contribution in [0.3, 0.4) is 0 Å². The van der Waals surface area contributed by atoms with E-state index in [1.165, 1.54) is 0 Å². The lowest BCUT2D eigenvalue weighted by atomic mass is 10.3. The van der Waals surface area contributed by atoms with Gasteiger partial charge < -0.3 is 17.2 Å². The molecule has 1 aromatic rings. The monoisotopic (exact) mass is 321 g/mol. The SMILES string of the molecule is CCCCN=C(N)NC(=O)c1nc(Cl)c(N)nc1N.Cl. The first-order chi connectivity index (χ1) is 8.95. The number of hydrogen-bond acceptors (Lipinski definition) is 6. The Hall–Kier alpha value is -1.80. The number of unbranched alkanes of at least 4 members (excludes halogenated alkanes) is 1. The third kappa shape index (κ3) is 5.06. The van der Waals surface area contributed by atoms with Crippen LogP contribution in [0.25, 0.3) is 0 Å². The molecule has 8 nitrogen and oxygen atoms in total. The summed E-state index contributed by atoms with van der Waals surface area (Å²) in [6.07, 6.45) is 1.86. The van der Waals surface area contributed by atoms with E-state index in [1.54, 1.807) is 0 Å². The van der Waals surface area contributed by atoms with Crippen molar-refractivity contribution in [3.8, 4) is 0 Å². The van der Waals surface area contributed by atoms with E-state index in [4.69, 9.17) is 28.8 Å². The van der Waals surface area contributed by atoms with Gasteiger partial charge in [0.2, 0.25) is 0 Å². The second kappa shape index (κ2) is 8.39. The Kier molecular flexibility index (Phi) is 7.63. The molecule has 0 unspecified atom stereocenters. The van der Waals surface area contributed by atoms with Crippen LogP contribution in [0.4, 0.5) is 11.6 Å². The van der Waals surface area contributed by atoms with Gasteiger partial charge in [-0.3, -0.25) is 15.1 Å². The molecule has 0 bridgehead atoms. The van der Waals surface area contributed by atoms with Gasteiger partial charge in [-0.05, 0) is 6.42 Å². The Morgan fingerprint density at radius 2 is 2.00 bits per heavy atom. The summed E-state index contributed by atoms with van der Waals surface area (Å²) in [6.45, 7) is 2.56. The Labute approximate surface area is 127 Å². The number of nitrogens with two attached hydrogens (primary N) is 3. The van der Waals surface area contributed by atoms with Gasteiger partial charge in [-0.2, -0.15) is 0 Å². The fourth-order valence-electron chi connectivity index (χ4n) is 1.18. The van der Waals surface area contributed by atoms with E-state index in [0.717, 1.165) is 12.8 Å². The molecule has 0 spiro atoms. The van der Waals surface area contributed by atoms with Crippen molar-refractivity contribution >= 4 is 47.5 Å². The lowest BCUT2D eigenvalue weighted by Crippen LogP contribution is -2.38. The third-order valence-corrected chi connectivity index (χ3v) is 2.43. The molecule has 0 saturated carbocycles. The minimum Gasteiger partial charge on any atom is -0.382 e. The van der Waals surface area contributed by atoms with Crippen molar-refractivity contribution < 1.29 is 4.79 Å². The lowest BCUT2D eigenvalue weighted by molar-refractivity contribution is 0.0972. The molecule has 0 radical (unpaired) electrons. The number of anilines is 2. The van der Waals surface area contributed by atoms with Crippen molar-refractivity contribution in [2.45, 2.75) is 19.8 Å². The number of aliphatic imine (C=N–C) groups is 1. The molecule has 0 aliphatic heterocycles. The first-order valence-corrected chi connectivity index (χ1v) is 6.03. The Morgan fingerprint density at radius 1 is 1.35 bits per heavy atom.